The zero-order valence-electron chi connectivity index (χ0n) is 15.1. The summed E-state index contributed by atoms with van der Waals surface area (Å²) in [5.74, 6) is -2.17. The third kappa shape index (κ3) is 3.32. The van der Waals surface area contributed by atoms with Gasteiger partial charge in [-0.3, -0.25) is 19.1 Å². The molecule has 3 aromatic rings. The maximum Gasteiger partial charge on any atom is 0.375 e. The first-order valence-electron chi connectivity index (χ1n) is 8.13. The van der Waals surface area contributed by atoms with E-state index in [1.54, 1.807) is 24.3 Å². The van der Waals surface area contributed by atoms with E-state index in [-0.39, 0.29) is 18.2 Å². The standard InChI is InChI=1S/C18H17N3O7/c1-21-15(19)13(16(23)20-18(21)25)11(22)8-27-17(24)14-10(7-26-2)9-5-3-4-6-12(9)28-14/h3-6H,7-8,19H2,1-2H3,(H,20,23,25). The van der Waals surface area contributed by atoms with Crippen LogP contribution in [0.15, 0.2) is 38.3 Å². The Kier molecular flexibility index (Phi) is 5.14. The van der Waals surface area contributed by atoms with E-state index in [9.17, 15) is 19.2 Å². The molecule has 0 radical (unpaired) electrons. The SMILES string of the molecule is COCc1c(C(=O)OCC(=O)c2c(N)n(C)c(=O)[nH]c2=O)oc2ccccc12. The maximum absolute atomic E-state index is 12.4. The van der Waals surface area contributed by atoms with E-state index in [1.807, 2.05) is 4.98 Å². The monoisotopic (exact) mass is 387 g/mol. The number of aromatic amines is 1. The minimum absolute atomic E-state index is 0.0989. The minimum Gasteiger partial charge on any atom is -0.451 e. The van der Waals surface area contributed by atoms with Gasteiger partial charge < -0.3 is 19.6 Å². The van der Waals surface area contributed by atoms with E-state index in [4.69, 9.17) is 19.6 Å². The van der Waals surface area contributed by atoms with Crippen LogP contribution in [0.25, 0.3) is 11.0 Å². The summed E-state index contributed by atoms with van der Waals surface area (Å²) in [6, 6.07) is 6.97. The molecule has 1 aromatic carbocycles. The van der Waals surface area contributed by atoms with Gasteiger partial charge in [-0.1, -0.05) is 18.2 Å². The number of carbonyl (C=O) groups is 2. The lowest BCUT2D eigenvalue weighted by Crippen LogP contribution is -2.35. The number of rotatable bonds is 6. The third-order valence-corrected chi connectivity index (χ3v) is 4.16. The number of fused-ring (bicyclic) bond motifs is 1. The molecule has 0 aliphatic carbocycles. The van der Waals surface area contributed by atoms with Crippen molar-refractivity contribution in [2.45, 2.75) is 6.61 Å². The van der Waals surface area contributed by atoms with Crippen LogP contribution in [0.3, 0.4) is 0 Å². The molecule has 0 aliphatic heterocycles. The zero-order valence-corrected chi connectivity index (χ0v) is 15.1. The number of ether oxygens (including phenoxy) is 2. The van der Waals surface area contributed by atoms with Crippen molar-refractivity contribution in [3.05, 3.63) is 62.0 Å². The summed E-state index contributed by atoms with van der Waals surface area (Å²) in [4.78, 5) is 50.1. The lowest BCUT2D eigenvalue weighted by molar-refractivity contribution is 0.0440. The minimum atomic E-state index is -0.953. The number of nitrogens with one attached hydrogen (secondary N) is 1. The zero-order chi connectivity index (χ0) is 20.4. The smallest absolute Gasteiger partial charge is 0.375 e. The summed E-state index contributed by atoms with van der Waals surface area (Å²) in [5, 5.41) is 0.682. The molecule has 28 heavy (non-hydrogen) atoms. The molecule has 2 aromatic heterocycles. The van der Waals surface area contributed by atoms with Crippen LogP contribution in [0.5, 0.6) is 0 Å². The summed E-state index contributed by atoms with van der Waals surface area (Å²) in [6.45, 7) is -0.656. The molecule has 0 saturated heterocycles. The lowest BCUT2D eigenvalue weighted by atomic mass is 10.1. The van der Waals surface area contributed by atoms with Gasteiger partial charge in [0.2, 0.25) is 11.5 Å². The van der Waals surface area contributed by atoms with Crippen molar-refractivity contribution < 1.29 is 23.5 Å². The van der Waals surface area contributed by atoms with Crippen molar-refractivity contribution in [2.75, 3.05) is 19.5 Å². The molecule has 0 aliphatic rings. The van der Waals surface area contributed by atoms with E-state index in [2.05, 4.69) is 0 Å². The number of nitrogen functional groups attached to an aromatic ring is 1. The van der Waals surface area contributed by atoms with Crippen LogP contribution in [0.2, 0.25) is 0 Å². The first kappa shape index (κ1) is 19.1. The van der Waals surface area contributed by atoms with Gasteiger partial charge in [0.05, 0.1) is 6.61 Å². The average molecular weight is 387 g/mol. The predicted molar refractivity (Wildman–Crippen MR) is 98.3 cm³/mol. The van der Waals surface area contributed by atoms with Crippen LogP contribution in [0, 0.1) is 0 Å². The van der Waals surface area contributed by atoms with E-state index < -0.39 is 35.2 Å². The van der Waals surface area contributed by atoms with Crippen molar-refractivity contribution >= 4 is 28.5 Å². The first-order valence-corrected chi connectivity index (χ1v) is 8.13. The van der Waals surface area contributed by atoms with E-state index in [1.165, 1.54) is 14.2 Å². The Hall–Kier alpha value is -3.66. The second-order valence-electron chi connectivity index (χ2n) is 5.92. The summed E-state index contributed by atoms with van der Waals surface area (Å²) >= 11 is 0. The number of benzene rings is 1. The van der Waals surface area contributed by atoms with Gasteiger partial charge in [0.1, 0.15) is 17.0 Å². The fourth-order valence-electron chi connectivity index (χ4n) is 2.73. The summed E-state index contributed by atoms with van der Waals surface area (Å²) in [6.07, 6.45) is 0. The van der Waals surface area contributed by atoms with Crippen molar-refractivity contribution in [1.29, 1.82) is 0 Å². The first-order chi connectivity index (χ1) is 13.3. The van der Waals surface area contributed by atoms with Crippen LogP contribution >= 0.6 is 0 Å². The van der Waals surface area contributed by atoms with Crippen molar-refractivity contribution in [1.82, 2.24) is 9.55 Å². The van der Waals surface area contributed by atoms with Gasteiger partial charge in [-0.25, -0.2) is 9.59 Å². The molecule has 0 spiro atoms. The van der Waals surface area contributed by atoms with Crippen molar-refractivity contribution in [3.63, 3.8) is 0 Å². The molecule has 3 rings (SSSR count). The van der Waals surface area contributed by atoms with Crippen molar-refractivity contribution in [2.24, 2.45) is 7.05 Å². The number of hydrogen-bond acceptors (Lipinski definition) is 8. The molecule has 0 amide bonds. The molecule has 146 valence electrons. The van der Waals surface area contributed by atoms with Crippen LogP contribution in [0.1, 0.15) is 26.5 Å². The predicted octanol–water partition coefficient (Wildman–Crippen LogP) is 0.588. The van der Waals surface area contributed by atoms with Gasteiger partial charge in [-0.15, -0.1) is 0 Å². The highest BCUT2D eigenvalue weighted by molar-refractivity contribution is 6.02. The number of ketones is 1. The molecule has 0 saturated carbocycles. The highest BCUT2D eigenvalue weighted by Crippen LogP contribution is 2.27. The molecule has 3 N–H and O–H groups in total. The number of furan rings is 1. The van der Waals surface area contributed by atoms with Crippen LogP contribution < -0.4 is 17.0 Å². The molecule has 0 bridgehead atoms. The van der Waals surface area contributed by atoms with Gasteiger partial charge in [0, 0.05) is 25.1 Å². The number of Topliss-reactive ketones (excluding diaryl/α,β-unsaturated/α-hetero) is 1. The summed E-state index contributed by atoms with van der Waals surface area (Å²) in [5.41, 5.74) is 4.43. The number of methoxy groups -OCH3 is 1. The number of nitrogens with zero attached hydrogens (tertiary/aromatic N) is 1. The Morgan fingerprint density at radius 2 is 1.96 bits per heavy atom. The van der Waals surface area contributed by atoms with Gasteiger partial charge >= 0.3 is 11.7 Å². The molecular formula is C18H17N3O7. The van der Waals surface area contributed by atoms with Crippen molar-refractivity contribution in [3.8, 4) is 0 Å². The molecule has 10 nitrogen and oxygen atoms in total. The molecule has 0 atom stereocenters. The van der Waals surface area contributed by atoms with E-state index >= 15 is 0 Å². The quantitative estimate of drug-likeness (QED) is 0.461. The van der Waals surface area contributed by atoms with E-state index in [0.717, 1.165) is 4.57 Å². The van der Waals surface area contributed by atoms with Crippen LogP contribution in [-0.4, -0.2) is 35.0 Å². The largest absolute Gasteiger partial charge is 0.451 e. The Morgan fingerprint density at radius 3 is 2.68 bits per heavy atom. The number of anilines is 1. The Labute approximate surface area is 157 Å². The van der Waals surface area contributed by atoms with Gasteiger partial charge in [-0.05, 0) is 6.07 Å². The molecular weight excluding hydrogens is 370 g/mol. The number of nitrogens with two attached hydrogens (primary N) is 1. The highest BCUT2D eigenvalue weighted by atomic mass is 16.5. The fourth-order valence-corrected chi connectivity index (χ4v) is 2.73. The average Bonchev–Trinajstić information content (AvgIpc) is 3.03. The molecule has 2 heterocycles. The van der Waals surface area contributed by atoms with Gasteiger partial charge in [0.15, 0.2) is 6.61 Å². The second-order valence-corrected chi connectivity index (χ2v) is 5.92. The number of esters is 1. The molecule has 0 unspecified atom stereocenters. The number of aromatic nitrogens is 2. The number of para-hydroxylation sites is 1. The third-order valence-electron chi connectivity index (χ3n) is 4.16. The Morgan fingerprint density at radius 1 is 1.25 bits per heavy atom. The normalized spacial score (nSPS) is 10.9. The Bertz CT molecular complexity index is 1190. The van der Waals surface area contributed by atoms with Crippen LogP contribution in [-0.2, 0) is 23.1 Å². The fraction of sp³-hybridized carbons (Fsp3) is 0.222. The second kappa shape index (κ2) is 7.53. The number of H-pyrrole nitrogens is 1. The van der Waals surface area contributed by atoms with Crippen LogP contribution in [0.4, 0.5) is 5.82 Å². The number of hydrogen-bond donors (Lipinski definition) is 2. The Balaban J connectivity index is 1.85. The lowest BCUT2D eigenvalue weighted by Gasteiger charge is -2.08. The molecule has 0 fully saturated rings. The summed E-state index contributed by atoms with van der Waals surface area (Å²) in [7, 11) is 2.76. The highest BCUT2D eigenvalue weighted by Gasteiger charge is 2.24. The molecule has 10 heteroatoms. The topological polar surface area (TPSA) is 147 Å². The van der Waals surface area contributed by atoms with Gasteiger partial charge in [-0.2, -0.15) is 0 Å². The summed E-state index contributed by atoms with van der Waals surface area (Å²) < 4.78 is 16.6. The maximum atomic E-state index is 12.4. The van der Waals surface area contributed by atoms with Gasteiger partial charge in [0.25, 0.3) is 5.56 Å². The number of carbonyl (C=O) groups excluding carboxylic acids is 2. The van der Waals surface area contributed by atoms with E-state index in [0.29, 0.717) is 16.5 Å².